The Morgan fingerprint density at radius 2 is 1.81 bits per heavy atom. The maximum Gasteiger partial charge on any atom is 0.222 e. The lowest BCUT2D eigenvalue weighted by atomic mass is 9.65. The van der Waals surface area contributed by atoms with Crippen molar-refractivity contribution < 1.29 is 4.79 Å². The fraction of sp³-hybridized carbons (Fsp3) is 0.773. The van der Waals surface area contributed by atoms with Crippen molar-refractivity contribution in [2.24, 2.45) is 11.3 Å². The number of nitrogens with zero attached hydrogens (tertiary/aromatic N) is 2. The Balaban J connectivity index is 1.22. The molecule has 4 rings (SSSR count). The van der Waals surface area contributed by atoms with Crippen LogP contribution in [-0.4, -0.2) is 41.9 Å². The molecule has 3 nitrogen and oxygen atoms in total. The number of carbonyl (C=O) groups excluding carboxylic acids is 1. The van der Waals surface area contributed by atoms with Crippen LogP contribution in [-0.2, 0) is 11.3 Å². The molecule has 2 saturated heterocycles. The van der Waals surface area contributed by atoms with Crippen molar-refractivity contribution in [1.82, 2.24) is 9.80 Å². The summed E-state index contributed by atoms with van der Waals surface area (Å²) in [5.41, 5.74) is 2.05. The second kappa shape index (κ2) is 8.02. The molecule has 0 atom stereocenters. The average molecular weight is 375 g/mol. The molecule has 2 aliphatic heterocycles. The standard InChI is InChI=1S/C22H34N2OS/c1-18-6-15-26-20(18)17-23-13-9-22(10-14-23)7-4-19(5-8-22)16-21(25)24-11-2-3-12-24/h6,15,19H,2-5,7-14,16-17H2,1H3. The molecule has 1 aromatic heterocycles. The first-order valence-corrected chi connectivity index (χ1v) is 11.5. The molecule has 144 valence electrons. The highest BCUT2D eigenvalue weighted by Gasteiger charge is 2.38. The van der Waals surface area contributed by atoms with Crippen LogP contribution in [0.1, 0.15) is 68.2 Å². The van der Waals surface area contributed by atoms with E-state index < -0.39 is 0 Å². The number of carbonyl (C=O) groups is 1. The molecule has 1 aromatic rings. The van der Waals surface area contributed by atoms with E-state index in [4.69, 9.17) is 0 Å². The highest BCUT2D eigenvalue weighted by molar-refractivity contribution is 7.10. The van der Waals surface area contributed by atoms with E-state index >= 15 is 0 Å². The molecule has 3 aliphatic rings. The lowest BCUT2D eigenvalue weighted by Crippen LogP contribution is -2.42. The first kappa shape index (κ1) is 18.5. The summed E-state index contributed by atoms with van der Waals surface area (Å²) >= 11 is 1.91. The number of aryl methyl sites for hydroxylation is 1. The van der Waals surface area contributed by atoms with Crippen molar-refractivity contribution in [3.05, 3.63) is 21.9 Å². The van der Waals surface area contributed by atoms with Gasteiger partial charge in [0.1, 0.15) is 0 Å². The van der Waals surface area contributed by atoms with E-state index in [-0.39, 0.29) is 0 Å². The molecule has 3 fully saturated rings. The quantitative estimate of drug-likeness (QED) is 0.753. The Kier molecular flexibility index (Phi) is 5.70. The highest BCUT2D eigenvalue weighted by Crippen LogP contribution is 2.47. The highest BCUT2D eigenvalue weighted by atomic mass is 32.1. The molecule has 1 saturated carbocycles. The predicted molar refractivity (Wildman–Crippen MR) is 108 cm³/mol. The summed E-state index contributed by atoms with van der Waals surface area (Å²) in [5.74, 6) is 1.09. The molecule has 0 unspecified atom stereocenters. The van der Waals surface area contributed by atoms with Crippen LogP contribution in [0.25, 0.3) is 0 Å². The number of likely N-dealkylation sites (tertiary alicyclic amines) is 2. The Hall–Kier alpha value is -0.870. The van der Waals surface area contributed by atoms with Gasteiger partial charge in [0.2, 0.25) is 5.91 Å². The number of hydrogen-bond acceptors (Lipinski definition) is 3. The van der Waals surface area contributed by atoms with Gasteiger partial charge in [0.25, 0.3) is 0 Å². The van der Waals surface area contributed by atoms with Gasteiger partial charge in [0.15, 0.2) is 0 Å². The largest absolute Gasteiger partial charge is 0.343 e. The lowest BCUT2D eigenvalue weighted by molar-refractivity contribution is -0.131. The van der Waals surface area contributed by atoms with Crippen molar-refractivity contribution in [2.45, 2.75) is 71.3 Å². The number of rotatable bonds is 4. The van der Waals surface area contributed by atoms with Crippen LogP contribution < -0.4 is 0 Å². The van der Waals surface area contributed by atoms with E-state index in [1.54, 1.807) is 4.88 Å². The molecule has 1 amide bonds. The first-order valence-electron chi connectivity index (χ1n) is 10.7. The van der Waals surface area contributed by atoms with Gasteiger partial charge in [0.05, 0.1) is 0 Å². The Morgan fingerprint density at radius 3 is 2.42 bits per heavy atom. The molecule has 26 heavy (non-hydrogen) atoms. The Morgan fingerprint density at radius 1 is 1.12 bits per heavy atom. The first-order chi connectivity index (χ1) is 12.6. The SMILES string of the molecule is Cc1ccsc1CN1CCC2(CCC(CC(=O)N3CCCC3)CC2)CC1. The monoisotopic (exact) mass is 374 g/mol. The molecule has 1 aliphatic carbocycles. The zero-order valence-electron chi connectivity index (χ0n) is 16.3. The number of amides is 1. The van der Waals surface area contributed by atoms with Crippen molar-refractivity contribution in [3.8, 4) is 0 Å². The van der Waals surface area contributed by atoms with E-state index in [0.29, 0.717) is 17.2 Å². The van der Waals surface area contributed by atoms with Crippen LogP contribution in [0.3, 0.4) is 0 Å². The van der Waals surface area contributed by atoms with Crippen LogP contribution >= 0.6 is 11.3 Å². The minimum Gasteiger partial charge on any atom is -0.343 e. The zero-order chi connectivity index (χ0) is 18.0. The van der Waals surface area contributed by atoms with E-state index in [9.17, 15) is 4.79 Å². The van der Waals surface area contributed by atoms with Gasteiger partial charge in [-0.3, -0.25) is 9.69 Å². The van der Waals surface area contributed by atoms with E-state index in [1.165, 1.54) is 70.0 Å². The minimum atomic E-state index is 0.435. The van der Waals surface area contributed by atoms with Gasteiger partial charge >= 0.3 is 0 Å². The van der Waals surface area contributed by atoms with E-state index in [0.717, 1.165) is 26.1 Å². The third-order valence-corrected chi connectivity index (χ3v) is 8.35. The fourth-order valence-corrected chi connectivity index (χ4v) is 6.24. The molecule has 0 aromatic carbocycles. The number of hydrogen-bond donors (Lipinski definition) is 0. The smallest absolute Gasteiger partial charge is 0.222 e. The summed E-state index contributed by atoms with van der Waals surface area (Å²) in [6, 6.07) is 2.25. The molecule has 3 heterocycles. The maximum atomic E-state index is 12.4. The molecule has 1 spiro atoms. The normalized spacial score (nSPS) is 24.4. The van der Waals surface area contributed by atoms with Crippen LogP contribution in [0.4, 0.5) is 0 Å². The van der Waals surface area contributed by atoms with Crippen LogP contribution in [0, 0.1) is 18.3 Å². The van der Waals surface area contributed by atoms with Crippen molar-refractivity contribution in [2.75, 3.05) is 26.2 Å². The maximum absolute atomic E-state index is 12.4. The van der Waals surface area contributed by atoms with E-state index in [1.807, 2.05) is 11.3 Å². The van der Waals surface area contributed by atoms with Crippen molar-refractivity contribution >= 4 is 17.2 Å². The van der Waals surface area contributed by atoms with Gasteiger partial charge in [-0.15, -0.1) is 11.3 Å². The molecule has 0 N–H and O–H groups in total. The molecular formula is C22H34N2OS. The second-order valence-electron chi connectivity index (χ2n) is 9.04. The van der Waals surface area contributed by atoms with Crippen LogP contribution in [0.2, 0.25) is 0 Å². The topological polar surface area (TPSA) is 23.6 Å². The average Bonchev–Trinajstić information content (AvgIpc) is 3.32. The fourth-order valence-electron chi connectivity index (χ4n) is 5.29. The Bertz CT molecular complexity index is 601. The van der Waals surface area contributed by atoms with Gasteiger partial charge in [0, 0.05) is 30.9 Å². The van der Waals surface area contributed by atoms with E-state index in [2.05, 4.69) is 28.2 Å². The lowest BCUT2D eigenvalue weighted by Gasteiger charge is -2.46. The molecular weight excluding hydrogens is 340 g/mol. The summed E-state index contributed by atoms with van der Waals surface area (Å²) in [7, 11) is 0. The summed E-state index contributed by atoms with van der Waals surface area (Å²) in [4.78, 5) is 18.7. The van der Waals surface area contributed by atoms with Gasteiger partial charge in [-0.25, -0.2) is 0 Å². The summed E-state index contributed by atoms with van der Waals surface area (Å²) in [6.45, 7) is 7.92. The van der Waals surface area contributed by atoms with Gasteiger partial charge in [-0.1, -0.05) is 0 Å². The van der Waals surface area contributed by atoms with Crippen LogP contribution in [0.5, 0.6) is 0 Å². The van der Waals surface area contributed by atoms with Crippen LogP contribution in [0.15, 0.2) is 11.4 Å². The zero-order valence-corrected chi connectivity index (χ0v) is 17.2. The van der Waals surface area contributed by atoms with Gasteiger partial charge in [-0.2, -0.15) is 0 Å². The molecule has 4 heteroatoms. The predicted octanol–water partition coefficient (Wildman–Crippen LogP) is 4.84. The van der Waals surface area contributed by atoms with Crippen molar-refractivity contribution in [1.29, 1.82) is 0 Å². The Labute approximate surface area is 162 Å². The van der Waals surface area contributed by atoms with Crippen molar-refractivity contribution in [3.63, 3.8) is 0 Å². The van der Waals surface area contributed by atoms with Gasteiger partial charge < -0.3 is 4.90 Å². The minimum absolute atomic E-state index is 0.435. The third-order valence-electron chi connectivity index (χ3n) is 7.34. The van der Waals surface area contributed by atoms with Gasteiger partial charge in [-0.05, 0) is 99.7 Å². The molecule has 0 bridgehead atoms. The number of piperidine rings is 1. The summed E-state index contributed by atoms with van der Waals surface area (Å²) in [6.07, 6.45) is 11.2. The summed E-state index contributed by atoms with van der Waals surface area (Å²) < 4.78 is 0. The third kappa shape index (κ3) is 4.17. The molecule has 0 radical (unpaired) electrons. The summed E-state index contributed by atoms with van der Waals surface area (Å²) in [5, 5.41) is 2.22. The number of thiophene rings is 1. The second-order valence-corrected chi connectivity index (χ2v) is 10.0.